The van der Waals surface area contributed by atoms with Crippen molar-refractivity contribution in [2.75, 3.05) is 44.6 Å². The van der Waals surface area contributed by atoms with Crippen molar-refractivity contribution in [1.82, 2.24) is 14.9 Å². The summed E-state index contributed by atoms with van der Waals surface area (Å²) in [6.45, 7) is 8.63. The number of aryl methyl sites for hydroxylation is 1. The van der Waals surface area contributed by atoms with Gasteiger partial charge in [-0.2, -0.15) is 0 Å². The second-order valence-electron chi connectivity index (χ2n) is 11.3. The number of esters is 1. The van der Waals surface area contributed by atoms with Crippen LogP contribution in [0.15, 0.2) is 42.7 Å². The van der Waals surface area contributed by atoms with Crippen LogP contribution in [0.1, 0.15) is 56.7 Å². The van der Waals surface area contributed by atoms with E-state index in [0.29, 0.717) is 29.3 Å². The van der Waals surface area contributed by atoms with Crippen LogP contribution >= 0.6 is 0 Å². The van der Waals surface area contributed by atoms with E-state index >= 15 is 0 Å². The van der Waals surface area contributed by atoms with Gasteiger partial charge >= 0.3 is 5.97 Å². The van der Waals surface area contributed by atoms with E-state index in [1.54, 1.807) is 12.4 Å². The molecule has 2 aromatic rings. The Labute approximate surface area is 220 Å². The first-order valence-electron chi connectivity index (χ1n) is 13.8. The molecule has 1 amide bonds. The molecular formula is C29H40N5O3+. The van der Waals surface area contributed by atoms with Crippen LogP contribution in [0.5, 0.6) is 0 Å². The van der Waals surface area contributed by atoms with E-state index in [1.165, 1.54) is 12.8 Å². The number of quaternary nitrogens is 1. The number of carbonyl (C=O) groups is 2. The monoisotopic (exact) mass is 506 g/mol. The number of nitrogens with one attached hydrogen (secondary N) is 1. The molecule has 1 aromatic carbocycles. The van der Waals surface area contributed by atoms with Crippen LogP contribution in [0.25, 0.3) is 0 Å². The van der Waals surface area contributed by atoms with Crippen LogP contribution < -0.4 is 5.32 Å². The maximum Gasteiger partial charge on any atom is 0.331 e. The summed E-state index contributed by atoms with van der Waals surface area (Å²) in [7, 11) is 0. The second-order valence-corrected chi connectivity index (χ2v) is 11.3. The summed E-state index contributed by atoms with van der Waals surface area (Å²) in [6.07, 6.45) is 9.63. The summed E-state index contributed by atoms with van der Waals surface area (Å²) in [5.41, 5.74) is 0.986. The summed E-state index contributed by atoms with van der Waals surface area (Å²) in [4.78, 5) is 37.8. The fourth-order valence-electron chi connectivity index (χ4n) is 6.48. The molecule has 4 aliphatic heterocycles. The van der Waals surface area contributed by atoms with Crippen LogP contribution in [0.2, 0.25) is 0 Å². The normalized spacial score (nSPS) is 27.6. The first kappa shape index (κ1) is 25.8. The quantitative estimate of drug-likeness (QED) is 0.456. The van der Waals surface area contributed by atoms with Crippen molar-refractivity contribution in [2.24, 2.45) is 5.92 Å². The van der Waals surface area contributed by atoms with Gasteiger partial charge in [0, 0.05) is 18.8 Å². The number of hydrogen-bond acceptors (Lipinski definition) is 6. The average molecular weight is 507 g/mol. The predicted octanol–water partition coefficient (Wildman–Crippen LogP) is 3.67. The van der Waals surface area contributed by atoms with E-state index < -0.39 is 5.54 Å². The lowest BCUT2D eigenvalue weighted by Gasteiger charge is -2.52. The Morgan fingerprint density at radius 1 is 1.05 bits per heavy atom. The summed E-state index contributed by atoms with van der Waals surface area (Å²) < 4.78 is 7.08. The average Bonchev–Trinajstić information content (AvgIpc) is 3.20. The number of ether oxygens (including phenoxy) is 1. The Hall–Kier alpha value is -2.84. The Bertz CT molecular complexity index is 1080. The van der Waals surface area contributed by atoms with Crippen LogP contribution in [-0.2, 0) is 19.9 Å². The highest BCUT2D eigenvalue weighted by atomic mass is 16.5. The molecule has 5 heterocycles. The SMILES string of the molecule is Cc1cnc(NC(=O)C[N+]23CCC(CC2)[C@@H](OC(=O)C(C)(c2ccccc2)N2CCCCCC2)C3)cn1. The Morgan fingerprint density at radius 2 is 1.76 bits per heavy atom. The maximum absolute atomic E-state index is 14.1. The number of piperidine rings is 3. The van der Waals surface area contributed by atoms with Gasteiger partial charge in [0.25, 0.3) is 5.91 Å². The third-order valence-electron chi connectivity index (χ3n) is 8.80. The number of aromatic nitrogens is 2. The van der Waals surface area contributed by atoms with Gasteiger partial charge in [-0.1, -0.05) is 43.2 Å². The standard InChI is InChI=1S/C29H39N5O3/c1-22-18-31-26(19-30-22)32-27(35)21-34-16-12-23(13-17-34)25(20-34)37-28(36)29(2,24-10-6-5-7-11-24)33-14-8-3-4-9-15-33/h5-7,10-11,18-19,23,25H,3-4,8-9,12-17,20-21H2,1-2H3/p+1/t23?,25-,29?,34?/m0/s1. The number of hydrogen-bond donors (Lipinski definition) is 1. The lowest BCUT2D eigenvalue weighted by atomic mass is 9.82. The largest absolute Gasteiger partial charge is 0.454 e. The first-order chi connectivity index (χ1) is 17.9. The number of fused-ring (bicyclic) bond motifs is 3. The molecule has 1 N–H and O–H groups in total. The van der Waals surface area contributed by atoms with Crippen LogP contribution in [0.4, 0.5) is 5.82 Å². The minimum absolute atomic E-state index is 0.0673. The molecule has 4 saturated heterocycles. The fourth-order valence-corrected chi connectivity index (χ4v) is 6.48. The zero-order chi connectivity index (χ0) is 25.9. The molecule has 4 aliphatic rings. The molecule has 8 nitrogen and oxygen atoms in total. The molecular weight excluding hydrogens is 466 g/mol. The van der Waals surface area contributed by atoms with Crippen molar-refractivity contribution in [3.8, 4) is 0 Å². The molecule has 0 aliphatic carbocycles. The minimum Gasteiger partial charge on any atom is -0.454 e. The minimum atomic E-state index is -0.816. The van der Waals surface area contributed by atoms with Gasteiger partial charge in [-0.15, -0.1) is 0 Å². The van der Waals surface area contributed by atoms with Crippen molar-refractivity contribution in [1.29, 1.82) is 0 Å². The zero-order valence-electron chi connectivity index (χ0n) is 22.2. The van der Waals surface area contributed by atoms with Gasteiger partial charge in [0.1, 0.15) is 12.1 Å². The van der Waals surface area contributed by atoms with E-state index in [1.807, 2.05) is 32.0 Å². The molecule has 0 saturated carbocycles. The Morgan fingerprint density at radius 3 is 2.41 bits per heavy atom. The highest BCUT2D eigenvalue weighted by Gasteiger charge is 2.51. The number of nitrogens with zero attached hydrogens (tertiary/aromatic N) is 4. The van der Waals surface area contributed by atoms with E-state index in [2.05, 4.69) is 32.3 Å². The molecule has 198 valence electrons. The van der Waals surface area contributed by atoms with Gasteiger partial charge in [0.15, 0.2) is 18.5 Å². The van der Waals surface area contributed by atoms with Crippen LogP contribution in [0.3, 0.4) is 0 Å². The summed E-state index contributed by atoms with van der Waals surface area (Å²) in [6, 6.07) is 10.1. The highest BCUT2D eigenvalue weighted by Crippen LogP contribution is 2.38. The van der Waals surface area contributed by atoms with E-state index in [-0.39, 0.29) is 18.0 Å². The molecule has 2 bridgehead atoms. The molecule has 8 heteroatoms. The predicted molar refractivity (Wildman–Crippen MR) is 142 cm³/mol. The number of anilines is 1. The van der Waals surface area contributed by atoms with Gasteiger partial charge in [-0.25, -0.2) is 9.78 Å². The van der Waals surface area contributed by atoms with Crippen LogP contribution in [-0.4, -0.2) is 76.6 Å². The van der Waals surface area contributed by atoms with Gasteiger partial charge in [0.05, 0.1) is 31.2 Å². The zero-order valence-corrected chi connectivity index (χ0v) is 22.2. The molecule has 4 fully saturated rings. The summed E-state index contributed by atoms with van der Waals surface area (Å²) in [5.74, 6) is 0.609. The molecule has 6 rings (SSSR count). The summed E-state index contributed by atoms with van der Waals surface area (Å²) >= 11 is 0. The third-order valence-corrected chi connectivity index (χ3v) is 8.80. The van der Waals surface area contributed by atoms with E-state index in [4.69, 9.17) is 4.74 Å². The molecule has 1 aromatic heterocycles. The van der Waals surface area contributed by atoms with Gasteiger partial charge in [-0.05, 0) is 45.3 Å². The Kier molecular flexibility index (Phi) is 7.58. The number of rotatable bonds is 7. The van der Waals surface area contributed by atoms with E-state index in [0.717, 1.165) is 63.1 Å². The molecule has 0 radical (unpaired) electrons. The highest BCUT2D eigenvalue weighted by molar-refractivity contribution is 5.90. The van der Waals surface area contributed by atoms with Gasteiger partial charge in [0.2, 0.25) is 0 Å². The molecule has 1 unspecified atom stereocenters. The first-order valence-corrected chi connectivity index (χ1v) is 13.8. The molecule has 0 spiro atoms. The lowest BCUT2D eigenvalue weighted by Crippen LogP contribution is -2.66. The van der Waals surface area contributed by atoms with Crippen molar-refractivity contribution in [3.63, 3.8) is 0 Å². The third kappa shape index (κ3) is 5.55. The fraction of sp³-hybridized carbons (Fsp3) is 0.586. The van der Waals surface area contributed by atoms with E-state index in [9.17, 15) is 9.59 Å². The second kappa shape index (κ2) is 10.9. The van der Waals surface area contributed by atoms with Gasteiger partial charge < -0.3 is 14.5 Å². The van der Waals surface area contributed by atoms with Crippen molar-refractivity contribution in [3.05, 3.63) is 54.0 Å². The molecule has 37 heavy (non-hydrogen) atoms. The maximum atomic E-state index is 14.1. The van der Waals surface area contributed by atoms with Crippen molar-refractivity contribution < 1.29 is 18.8 Å². The number of likely N-dealkylation sites (tertiary alicyclic amines) is 1. The number of amides is 1. The van der Waals surface area contributed by atoms with Crippen LogP contribution in [0, 0.1) is 12.8 Å². The number of carbonyl (C=O) groups excluding carboxylic acids is 2. The van der Waals surface area contributed by atoms with Crippen molar-refractivity contribution in [2.45, 2.75) is 64.0 Å². The smallest absolute Gasteiger partial charge is 0.331 e. The Balaban J connectivity index is 1.30. The lowest BCUT2D eigenvalue weighted by molar-refractivity contribution is -0.939. The van der Waals surface area contributed by atoms with Crippen molar-refractivity contribution >= 4 is 17.7 Å². The number of benzene rings is 1. The molecule has 2 atom stereocenters. The summed E-state index contributed by atoms with van der Waals surface area (Å²) in [5, 5.41) is 2.90. The topological polar surface area (TPSA) is 84.4 Å². The van der Waals surface area contributed by atoms with Gasteiger partial charge in [-0.3, -0.25) is 14.7 Å².